The van der Waals surface area contributed by atoms with Gasteiger partial charge in [0.1, 0.15) is 11.8 Å². The van der Waals surface area contributed by atoms with Crippen molar-refractivity contribution in [1.29, 1.82) is 5.26 Å². The highest BCUT2D eigenvalue weighted by molar-refractivity contribution is 5.25. The lowest BCUT2D eigenvalue weighted by molar-refractivity contribution is 0.326. The molecule has 2 N–H and O–H groups in total. The third kappa shape index (κ3) is 2.30. The minimum atomic E-state index is -0.0530. The fraction of sp³-hybridized carbons (Fsp3) is 0.455. The van der Waals surface area contributed by atoms with Crippen LogP contribution in [0.25, 0.3) is 0 Å². The highest BCUT2D eigenvalue weighted by Gasteiger charge is 2.22. The average Bonchev–Trinajstić information content (AvgIpc) is 2.15. The van der Waals surface area contributed by atoms with Crippen LogP contribution in [0.3, 0.4) is 0 Å². The lowest BCUT2D eigenvalue weighted by Crippen LogP contribution is -2.26. The second kappa shape index (κ2) is 3.77. The molecular weight excluding hydrogens is 174 g/mol. The van der Waals surface area contributed by atoms with Crippen molar-refractivity contribution in [3.05, 3.63) is 29.6 Å². The van der Waals surface area contributed by atoms with Gasteiger partial charge in [-0.25, -0.2) is 4.98 Å². The maximum Gasteiger partial charge on any atom is 0.140 e. The molecule has 0 aliphatic carbocycles. The zero-order valence-electron chi connectivity index (χ0n) is 8.78. The Morgan fingerprint density at radius 2 is 2.07 bits per heavy atom. The summed E-state index contributed by atoms with van der Waals surface area (Å²) in [5.74, 6) is 0. The smallest absolute Gasteiger partial charge is 0.140 e. The van der Waals surface area contributed by atoms with Crippen molar-refractivity contribution in [1.82, 2.24) is 4.98 Å². The predicted molar refractivity (Wildman–Crippen MR) is 55.3 cm³/mol. The Hall–Kier alpha value is -1.40. The third-order valence-electron chi connectivity index (χ3n) is 2.19. The van der Waals surface area contributed by atoms with Crippen molar-refractivity contribution >= 4 is 0 Å². The zero-order chi connectivity index (χ0) is 10.8. The minimum absolute atomic E-state index is 0.00976. The molecule has 0 saturated heterocycles. The maximum atomic E-state index is 8.58. The molecule has 0 fully saturated rings. The summed E-state index contributed by atoms with van der Waals surface area (Å²) in [4.78, 5) is 3.99. The van der Waals surface area contributed by atoms with Gasteiger partial charge >= 0.3 is 0 Å². The SMILES string of the molecule is CC(C)(C)[C@@H](N)c1ccc(C#N)nc1. The van der Waals surface area contributed by atoms with Crippen LogP contribution in [0.15, 0.2) is 18.3 Å². The van der Waals surface area contributed by atoms with Gasteiger partial charge in [0.25, 0.3) is 0 Å². The summed E-state index contributed by atoms with van der Waals surface area (Å²) in [5, 5.41) is 8.58. The summed E-state index contributed by atoms with van der Waals surface area (Å²) in [6.45, 7) is 6.24. The number of nitrogens with two attached hydrogens (primary N) is 1. The van der Waals surface area contributed by atoms with E-state index in [-0.39, 0.29) is 11.5 Å². The van der Waals surface area contributed by atoms with Gasteiger partial charge in [-0.1, -0.05) is 26.8 Å². The van der Waals surface area contributed by atoms with Gasteiger partial charge in [0.2, 0.25) is 0 Å². The van der Waals surface area contributed by atoms with Crippen molar-refractivity contribution in [2.24, 2.45) is 11.1 Å². The molecular formula is C11H15N3. The molecule has 0 amide bonds. The molecule has 0 aliphatic heterocycles. The molecule has 14 heavy (non-hydrogen) atoms. The Morgan fingerprint density at radius 1 is 1.43 bits per heavy atom. The summed E-state index contributed by atoms with van der Waals surface area (Å²) in [7, 11) is 0. The second-order valence-corrected chi connectivity index (χ2v) is 4.43. The van der Waals surface area contributed by atoms with Crippen LogP contribution in [-0.2, 0) is 0 Å². The van der Waals surface area contributed by atoms with E-state index in [9.17, 15) is 0 Å². The van der Waals surface area contributed by atoms with Crippen LogP contribution in [0, 0.1) is 16.7 Å². The molecule has 0 unspecified atom stereocenters. The van der Waals surface area contributed by atoms with Gasteiger partial charge in [0.05, 0.1) is 0 Å². The summed E-state index contributed by atoms with van der Waals surface area (Å²) < 4.78 is 0. The Balaban J connectivity index is 2.94. The van der Waals surface area contributed by atoms with E-state index in [0.717, 1.165) is 5.56 Å². The summed E-state index contributed by atoms with van der Waals surface area (Å²) in [6, 6.07) is 5.48. The molecule has 1 aromatic rings. The van der Waals surface area contributed by atoms with Crippen LogP contribution in [0.5, 0.6) is 0 Å². The molecule has 0 aromatic carbocycles. The Morgan fingerprint density at radius 3 is 2.43 bits per heavy atom. The van der Waals surface area contributed by atoms with Crippen LogP contribution in [-0.4, -0.2) is 4.98 Å². The first kappa shape index (κ1) is 10.7. The molecule has 1 heterocycles. The van der Waals surface area contributed by atoms with Gasteiger partial charge in [0, 0.05) is 12.2 Å². The number of aromatic nitrogens is 1. The molecule has 1 atom stereocenters. The predicted octanol–water partition coefficient (Wildman–Crippen LogP) is 2.00. The Bertz CT molecular complexity index is 340. The zero-order valence-corrected chi connectivity index (χ0v) is 8.78. The number of hydrogen-bond donors (Lipinski definition) is 1. The minimum Gasteiger partial charge on any atom is -0.323 e. The highest BCUT2D eigenvalue weighted by Crippen LogP contribution is 2.29. The van der Waals surface area contributed by atoms with E-state index >= 15 is 0 Å². The summed E-state index contributed by atoms with van der Waals surface area (Å²) in [5.41, 5.74) is 7.45. The lowest BCUT2D eigenvalue weighted by atomic mass is 9.84. The van der Waals surface area contributed by atoms with Gasteiger partial charge < -0.3 is 5.73 Å². The quantitative estimate of drug-likeness (QED) is 0.734. The number of rotatable bonds is 1. The van der Waals surface area contributed by atoms with E-state index < -0.39 is 0 Å². The van der Waals surface area contributed by atoms with Crippen molar-refractivity contribution in [3.63, 3.8) is 0 Å². The van der Waals surface area contributed by atoms with Crippen molar-refractivity contribution < 1.29 is 0 Å². The van der Waals surface area contributed by atoms with Crippen molar-refractivity contribution in [2.45, 2.75) is 26.8 Å². The van der Waals surface area contributed by atoms with Crippen LogP contribution in [0.1, 0.15) is 38.1 Å². The van der Waals surface area contributed by atoms with E-state index in [1.54, 1.807) is 12.3 Å². The van der Waals surface area contributed by atoms with Crippen molar-refractivity contribution in [3.8, 4) is 6.07 Å². The highest BCUT2D eigenvalue weighted by atomic mass is 14.7. The molecule has 1 aromatic heterocycles. The topological polar surface area (TPSA) is 62.7 Å². The third-order valence-corrected chi connectivity index (χ3v) is 2.19. The van der Waals surface area contributed by atoms with Gasteiger partial charge in [-0.05, 0) is 17.0 Å². The fourth-order valence-corrected chi connectivity index (χ4v) is 1.16. The van der Waals surface area contributed by atoms with E-state index in [1.165, 1.54) is 0 Å². The van der Waals surface area contributed by atoms with E-state index in [2.05, 4.69) is 25.8 Å². The first-order valence-corrected chi connectivity index (χ1v) is 4.57. The van der Waals surface area contributed by atoms with Crippen molar-refractivity contribution in [2.75, 3.05) is 0 Å². The molecule has 0 aliphatic rings. The Kier molecular flexibility index (Phi) is 2.87. The van der Waals surface area contributed by atoms with E-state index in [1.807, 2.05) is 12.1 Å². The second-order valence-electron chi connectivity index (χ2n) is 4.43. The normalized spacial score (nSPS) is 13.4. The standard InChI is InChI=1S/C11H15N3/c1-11(2,3)10(13)8-4-5-9(6-12)14-7-8/h4-5,7,10H,13H2,1-3H3/t10-/m0/s1. The average molecular weight is 189 g/mol. The molecule has 0 bridgehead atoms. The molecule has 3 heteroatoms. The maximum absolute atomic E-state index is 8.58. The number of hydrogen-bond acceptors (Lipinski definition) is 3. The molecule has 1 rings (SSSR count). The molecule has 74 valence electrons. The first-order valence-electron chi connectivity index (χ1n) is 4.57. The van der Waals surface area contributed by atoms with Gasteiger partial charge in [-0.15, -0.1) is 0 Å². The fourth-order valence-electron chi connectivity index (χ4n) is 1.16. The molecule has 0 radical (unpaired) electrons. The van der Waals surface area contributed by atoms with Gasteiger partial charge in [-0.3, -0.25) is 0 Å². The molecule has 0 saturated carbocycles. The van der Waals surface area contributed by atoms with Gasteiger partial charge in [0.15, 0.2) is 0 Å². The number of nitrogens with zero attached hydrogens (tertiary/aromatic N) is 2. The lowest BCUT2D eigenvalue weighted by Gasteiger charge is -2.26. The van der Waals surface area contributed by atoms with Crippen LogP contribution >= 0.6 is 0 Å². The van der Waals surface area contributed by atoms with E-state index in [0.29, 0.717) is 5.69 Å². The Labute approximate surface area is 84.6 Å². The summed E-state index contributed by atoms with van der Waals surface area (Å²) >= 11 is 0. The van der Waals surface area contributed by atoms with Crippen LogP contribution in [0.4, 0.5) is 0 Å². The van der Waals surface area contributed by atoms with Crippen LogP contribution in [0.2, 0.25) is 0 Å². The largest absolute Gasteiger partial charge is 0.323 e. The molecule has 0 spiro atoms. The number of pyridine rings is 1. The number of nitriles is 1. The first-order chi connectivity index (χ1) is 6.45. The monoisotopic (exact) mass is 189 g/mol. The molecule has 3 nitrogen and oxygen atoms in total. The van der Waals surface area contributed by atoms with Crippen LogP contribution < -0.4 is 5.73 Å². The summed E-state index contributed by atoms with van der Waals surface area (Å²) in [6.07, 6.45) is 1.68. The van der Waals surface area contributed by atoms with Gasteiger partial charge in [-0.2, -0.15) is 5.26 Å². The van der Waals surface area contributed by atoms with E-state index in [4.69, 9.17) is 11.0 Å².